The Morgan fingerprint density at radius 1 is 1.59 bits per heavy atom. The van der Waals surface area contributed by atoms with Gasteiger partial charge in [-0.2, -0.15) is 0 Å². The summed E-state index contributed by atoms with van der Waals surface area (Å²) in [5, 5.41) is 3.46. The van der Waals surface area contributed by atoms with Gasteiger partial charge >= 0.3 is 0 Å². The second kappa shape index (κ2) is 6.39. The van der Waals surface area contributed by atoms with Crippen LogP contribution in [0.2, 0.25) is 8.67 Å². The summed E-state index contributed by atoms with van der Waals surface area (Å²) in [5.74, 6) is 0. The lowest BCUT2D eigenvalue weighted by Gasteiger charge is -2.20. The first-order valence-corrected chi connectivity index (χ1v) is 7.57. The standard InChI is InChI=1S/C12H17Cl2NOS/c1-2-15-10(6-8-4-3-5-16-8)9-7-11(13)17-12(9)14/h7-8,10,15H,2-6H2,1H3. The van der Waals surface area contributed by atoms with Gasteiger partial charge in [-0.25, -0.2) is 0 Å². The zero-order chi connectivity index (χ0) is 12.3. The number of rotatable bonds is 5. The molecule has 2 nitrogen and oxygen atoms in total. The van der Waals surface area contributed by atoms with Crippen LogP contribution in [0.1, 0.15) is 37.8 Å². The lowest BCUT2D eigenvalue weighted by molar-refractivity contribution is 0.0948. The van der Waals surface area contributed by atoms with Gasteiger partial charge in [-0.1, -0.05) is 30.1 Å². The average Bonchev–Trinajstić information content (AvgIpc) is 2.88. The Balaban J connectivity index is 2.07. The molecule has 0 spiro atoms. The molecule has 1 aromatic heterocycles. The molecule has 96 valence electrons. The van der Waals surface area contributed by atoms with Crippen molar-refractivity contribution in [1.82, 2.24) is 5.32 Å². The van der Waals surface area contributed by atoms with Gasteiger partial charge in [-0.15, -0.1) is 11.3 Å². The Hall–Kier alpha value is 0.200. The van der Waals surface area contributed by atoms with E-state index in [2.05, 4.69) is 12.2 Å². The van der Waals surface area contributed by atoms with Crippen molar-refractivity contribution in [1.29, 1.82) is 0 Å². The summed E-state index contributed by atoms with van der Waals surface area (Å²) < 4.78 is 7.23. The van der Waals surface area contributed by atoms with Crippen LogP contribution in [0.5, 0.6) is 0 Å². The third-order valence-corrected chi connectivity index (χ3v) is 4.55. The fourth-order valence-corrected chi connectivity index (χ4v) is 3.83. The quantitative estimate of drug-likeness (QED) is 0.875. The van der Waals surface area contributed by atoms with Crippen LogP contribution in [0.15, 0.2) is 6.07 Å². The van der Waals surface area contributed by atoms with Gasteiger partial charge in [0.1, 0.15) is 0 Å². The average molecular weight is 294 g/mol. The molecule has 1 aromatic rings. The Labute approximate surface area is 116 Å². The van der Waals surface area contributed by atoms with E-state index in [0.717, 1.165) is 40.2 Å². The van der Waals surface area contributed by atoms with E-state index < -0.39 is 0 Å². The molecular formula is C12H17Cl2NOS. The fourth-order valence-electron chi connectivity index (χ4n) is 2.25. The minimum Gasteiger partial charge on any atom is -0.378 e. The molecule has 5 heteroatoms. The summed E-state index contributed by atoms with van der Waals surface area (Å²) in [5.41, 5.74) is 1.11. The third-order valence-electron chi connectivity index (χ3n) is 3.03. The molecule has 1 fully saturated rings. The molecule has 0 radical (unpaired) electrons. The molecule has 1 saturated heterocycles. The maximum atomic E-state index is 6.21. The number of thiophene rings is 1. The van der Waals surface area contributed by atoms with Crippen molar-refractivity contribution in [2.75, 3.05) is 13.2 Å². The number of nitrogens with one attached hydrogen (secondary N) is 1. The monoisotopic (exact) mass is 293 g/mol. The highest BCUT2D eigenvalue weighted by atomic mass is 35.5. The van der Waals surface area contributed by atoms with Crippen LogP contribution < -0.4 is 5.32 Å². The van der Waals surface area contributed by atoms with E-state index in [0.29, 0.717) is 6.10 Å². The molecule has 0 saturated carbocycles. The highest BCUT2D eigenvalue weighted by Crippen LogP contribution is 2.37. The number of hydrogen-bond acceptors (Lipinski definition) is 3. The van der Waals surface area contributed by atoms with Gasteiger partial charge in [0.15, 0.2) is 0 Å². The fraction of sp³-hybridized carbons (Fsp3) is 0.667. The van der Waals surface area contributed by atoms with E-state index in [9.17, 15) is 0 Å². The number of ether oxygens (including phenoxy) is 1. The van der Waals surface area contributed by atoms with Crippen molar-refractivity contribution in [2.24, 2.45) is 0 Å². The topological polar surface area (TPSA) is 21.3 Å². The third kappa shape index (κ3) is 3.58. The first-order valence-electron chi connectivity index (χ1n) is 6.00. The van der Waals surface area contributed by atoms with Crippen molar-refractivity contribution in [3.05, 3.63) is 20.3 Å². The van der Waals surface area contributed by atoms with Gasteiger partial charge in [0, 0.05) is 18.2 Å². The first kappa shape index (κ1) is 13.6. The van der Waals surface area contributed by atoms with E-state index in [1.54, 1.807) is 0 Å². The van der Waals surface area contributed by atoms with Crippen molar-refractivity contribution < 1.29 is 4.74 Å². The van der Waals surface area contributed by atoms with Gasteiger partial charge in [-0.05, 0) is 31.9 Å². The van der Waals surface area contributed by atoms with Gasteiger partial charge in [-0.3, -0.25) is 0 Å². The zero-order valence-electron chi connectivity index (χ0n) is 9.84. The summed E-state index contributed by atoms with van der Waals surface area (Å²) in [4.78, 5) is 0. The van der Waals surface area contributed by atoms with E-state index in [1.807, 2.05) is 6.07 Å². The maximum absolute atomic E-state index is 6.21. The van der Waals surface area contributed by atoms with Crippen molar-refractivity contribution in [2.45, 2.75) is 38.3 Å². The lowest BCUT2D eigenvalue weighted by atomic mass is 10.0. The minimum atomic E-state index is 0.249. The molecule has 2 heterocycles. The van der Waals surface area contributed by atoms with Crippen LogP contribution in [-0.4, -0.2) is 19.3 Å². The molecule has 2 unspecified atom stereocenters. The highest BCUT2D eigenvalue weighted by Gasteiger charge is 2.24. The molecule has 0 aromatic carbocycles. The summed E-state index contributed by atoms with van der Waals surface area (Å²) >= 11 is 13.6. The lowest BCUT2D eigenvalue weighted by Crippen LogP contribution is -2.25. The molecule has 0 amide bonds. The SMILES string of the molecule is CCNC(CC1CCCO1)c1cc(Cl)sc1Cl. The van der Waals surface area contributed by atoms with Crippen LogP contribution in [0.25, 0.3) is 0 Å². The highest BCUT2D eigenvalue weighted by molar-refractivity contribution is 7.20. The van der Waals surface area contributed by atoms with Crippen molar-refractivity contribution >= 4 is 34.5 Å². The second-order valence-corrected chi connectivity index (χ2v) is 6.55. The number of halogens is 2. The predicted molar refractivity (Wildman–Crippen MR) is 74.3 cm³/mol. The van der Waals surface area contributed by atoms with E-state index in [-0.39, 0.29) is 6.04 Å². The molecular weight excluding hydrogens is 277 g/mol. The summed E-state index contributed by atoms with van der Waals surface area (Å²) in [6.07, 6.45) is 3.65. The smallest absolute Gasteiger partial charge is 0.0991 e. The van der Waals surface area contributed by atoms with E-state index >= 15 is 0 Å². The van der Waals surface area contributed by atoms with Crippen molar-refractivity contribution in [3.8, 4) is 0 Å². The Bertz CT molecular complexity index is 363. The van der Waals surface area contributed by atoms with Gasteiger partial charge in [0.25, 0.3) is 0 Å². The summed E-state index contributed by atoms with van der Waals surface area (Å²) in [6.45, 7) is 3.91. The van der Waals surface area contributed by atoms with Crippen molar-refractivity contribution in [3.63, 3.8) is 0 Å². The molecule has 2 atom stereocenters. The Kier molecular flexibility index (Phi) is 5.12. The van der Waals surface area contributed by atoms with Crippen LogP contribution in [0.3, 0.4) is 0 Å². The van der Waals surface area contributed by atoms with Gasteiger partial charge in [0.05, 0.1) is 14.8 Å². The first-order chi connectivity index (χ1) is 8.20. The maximum Gasteiger partial charge on any atom is 0.0991 e. The molecule has 1 aliphatic rings. The Morgan fingerprint density at radius 2 is 2.41 bits per heavy atom. The second-order valence-electron chi connectivity index (χ2n) is 4.26. The molecule has 1 N–H and O–H groups in total. The number of hydrogen-bond donors (Lipinski definition) is 1. The van der Waals surface area contributed by atoms with Crippen LogP contribution in [0.4, 0.5) is 0 Å². The normalized spacial score (nSPS) is 21.9. The largest absolute Gasteiger partial charge is 0.378 e. The van der Waals surface area contributed by atoms with Crippen LogP contribution in [-0.2, 0) is 4.74 Å². The van der Waals surface area contributed by atoms with Crippen LogP contribution in [0, 0.1) is 0 Å². The summed E-state index contributed by atoms with van der Waals surface area (Å²) in [7, 11) is 0. The Morgan fingerprint density at radius 3 is 2.94 bits per heavy atom. The van der Waals surface area contributed by atoms with Gasteiger partial charge < -0.3 is 10.1 Å². The molecule has 0 aliphatic carbocycles. The van der Waals surface area contributed by atoms with Crippen LogP contribution >= 0.6 is 34.5 Å². The molecule has 2 rings (SSSR count). The predicted octanol–water partition coefficient (Wildman–Crippen LogP) is 4.27. The molecule has 0 bridgehead atoms. The molecule has 1 aliphatic heterocycles. The van der Waals surface area contributed by atoms with E-state index in [4.69, 9.17) is 27.9 Å². The molecule has 17 heavy (non-hydrogen) atoms. The zero-order valence-corrected chi connectivity index (χ0v) is 12.2. The summed E-state index contributed by atoms with van der Waals surface area (Å²) in [6, 6.07) is 2.22. The van der Waals surface area contributed by atoms with E-state index in [1.165, 1.54) is 17.8 Å². The minimum absolute atomic E-state index is 0.249. The van der Waals surface area contributed by atoms with Gasteiger partial charge in [0.2, 0.25) is 0 Å².